The molecule has 1 aromatic heterocycles. The molecule has 0 saturated carbocycles. The molecule has 1 amide bonds. The maximum atomic E-state index is 13.2. The van der Waals surface area contributed by atoms with Gasteiger partial charge in [0.15, 0.2) is 0 Å². The van der Waals surface area contributed by atoms with Gasteiger partial charge in [-0.3, -0.25) is 4.79 Å². The summed E-state index contributed by atoms with van der Waals surface area (Å²) >= 11 is 5.56. The van der Waals surface area contributed by atoms with E-state index in [1.165, 1.54) is 18.4 Å². The first-order chi connectivity index (χ1) is 8.06. The van der Waals surface area contributed by atoms with Crippen LogP contribution in [0.3, 0.4) is 0 Å². The van der Waals surface area contributed by atoms with Crippen molar-refractivity contribution in [3.8, 4) is 0 Å². The second-order valence-electron chi connectivity index (χ2n) is 3.43. The number of hydrogen-bond donors (Lipinski definition) is 1. The van der Waals surface area contributed by atoms with Crippen LogP contribution in [0.2, 0.25) is 5.02 Å². The molecule has 0 saturated heterocycles. The summed E-state index contributed by atoms with van der Waals surface area (Å²) in [6.45, 7) is 0. The topological polar surface area (TPSA) is 69.1 Å². The normalized spacial score (nSPS) is 10.5. The molecular formula is C11H8ClFN2O2. The smallest absolute Gasteiger partial charge is 0.304 e. The number of halogens is 2. The van der Waals surface area contributed by atoms with Gasteiger partial charge in [0, 0.05) is 6.42 Å². The number of oxazole rings is 1. The molecule has 0 atom stereocenters. The molecule has 0 bridgehead atoms. The summed E-state index contributed by atoms with van der Waals surface area (Å²) in [5, 5.41) is 0.0618. The van der Waals surface area contributed by atoms with Crippen molar-refractivity contribution < 1.29 is 13.6 Å². The number of nitrogens with zero attached hydrogens (tertiary/aromatic N) is 1. The number of carbonyl (C=O) groups excluding carboxylic acids is 1. The molecule has 17 heavy (non-hydrogen) atoms. The van der Waals surface area contributed by atoms with Crippen LogP contribution in [0.1, 0.15) is 21.9 Å². The Labute approximate surface area is 101 Å². The molecule has 0 fully saturated rings. The van der Waals surface area contributed by atoms with Crippen LogP contribution in [0.4, 0.5) is 4.39 Å². The zero-order valence-corrected chi connectivity index (χ0v) is 9.37. The van der Waals surface area contributed by atoms with E-state index in [1.54, 1.807) is 6.07 Å². The van der Waals surface area contributed by atoms with Gasteiger partial charge in [-0.15, -0.1) is 0 Å². The van der Waals surface area contributed by atoms with E-state index < -0.39 is 11.7 Å². The summed E-state index contributed by atoms with van der Waals surface area (Å²) in [5.74, 6) is -1.39. The molecule has 2 aromatic rings. The lowest BCUT2D eigenvalue weighted by atomic mass is 10.1. The minimum atomic E-state index is -0.737. The lowest BCUT2D eigenvalue weighted by Crippen LogP contribution is -2.11. The number of nitrogens with two attached hydrogens (primary N) is 1. The quantitative estimate of drug-likeness (QED) is 0.912. The van der Waals surface area contributed by atoms with E-state index >= 15 is 0 Å². The van der Waals surface area contributed by atoms with Gasteiger partial charge < -0.3 is 10.2 Å². The Morgan fingerprint density at radius 3 is 2.88 bits per heavy atom. The fraction of sp³-hybridized carbons (Fsp3) is 0.0909. The molecule has 0 spiro atoms. The van der Waals surface area contributed by atoms with Crippen LogP contribution in [0, 0.1) is 5.82 Å². The molecule has 2 N–H and O–H groups in total. The number of hydrogen-bond acceptors (Lipinski definition) is 3. The summed E-state index contributed by atoms with van der Waals surface area (Å²) < 4.78 is 18.0. The Morgan fingerprint density at radius 2 is 2.29 bits per heavy atom. The van der Waals surface area contributed by atoms with E-state index in [0.717, 1.165) is 0 Å². The number of amides is 1. The van der Waals surface area contributed by atoms with Gasteiger partial charge in [0.25, 0.3) is 5.89 Å². The third-order valence-electron chi connectivity index (χ3n) is 2.13. The van der Waals surface area contributed by atoms with Crippen LogP contribution in [-0.4, -0.2) is 10.9 Å². The van der Waals surface area contributed by atoms with Crippen LogP contribution in [-0.2, 0) is 6.42 Å². The molecule has 0 aliphatic heterocycles. The number of primary amides is 1. The third-order valence-corrected chi connectivity index (χ3v) is 2.44. The van der Waals surface area contributed by atoms with Gasteiger partial charge in [-0.25, -0.2) is 9.37 Å². The SMILES string of the molecule is NC(=O)c1nc(Cc2ccc(Cl)c(F)c2)co1. The monoisotopic (exact) mass is 254 g/mol. The van der Waals surface area contributed by atoms with Gasteiger partial charge in [-0.2, -0.15) is 0 Å². The highest BCUT2D eigenvalue weighted by Crippen LogP contribution is 2.17. The standard InChI is InChI=1S/C11H8ClFN2O2/c12-8-2-1-6(4-9(8)13)3-7-5-17-11(15-7)10(14)16/h1-2,4-5H,3H2,(H2,14,16). The maximum Gasteiger partial charge on any atom is 0.304 e. The fourth-order valence-electron chi connectivity index (χ4n) is 1.36. The van der Waals surface area contributed by atoms with Crippen LogP contribution < -0.4 is 5.73 Å². The van der Waals surface area contributed by atoms with Crippen molar-refractivity contribution in [2.24, 2.45) is 5.73 Å². The molecule has 6 heteroatoms. The van der Waals surface area contributed by atoms with E-state index in [2.05, 4.69) is 4.98 Å². The molecule has 1 heterocycles. The Balaban J connectivity index is 2.19. The van der Waals surface area contributed by atoms with Crippen LogP contribution in [0.25, 0.3) is 0 Å². The molecule has 2 rings (SSSR count). The second-order valence-corrected chi connectivity index (χ2v) is 3.84. The number of carbonyl (C=O) groups is 1. The molecule has 0 aliphatic rings. The van der Waals surface area contributed by atoms with E-state index in [0.29, 0.717) is 17.7 Å². The predicted octanol–water partition coefficient (Wildman–Crippen LogP) is 2.16. The average molecular weight is 255 g/mol. The Morgan fingerprint density at radius 1 is 1.53 bits per heavy atom. The van der Waals surface area contributed by atoms with Crippen molar-refractivity contribution in [3.05, 3.63) is 52.5 Å². The van der Waals surface area contributed by atoms with Crippen molar-refractivity contribution in [2.45, 2.75) is 6.42 Å². The van der Waals surface area contributed by atoms with Crippen LogP contribution in [0.5, 0.6) is 0 Å². The minimum absolute atomic E-state index is 0.0618. The van der Waals surface area contributed by atoms with Gasteiger partial charge in [0.2, 0.25) is 0 Å². The number of aromatic nitrogens is 1. The summed E-state index contributed by atoms with van der Waals surface area (Å²) in [6, 6.07) is 4.44. The van der Waals surface area contributed by atoms with E-state index in [1.807, 2.05) is 0 Å². The number of rotatable bonds is 3. The first-order valence-electron chi connectivity index (χ1n) is 4.74. The van der Waals surface area contributed by atoms with E-state index in [-0.39, 0.29) is 10.9 Å². The van der Waals surface area contributed by atoms with E-state index in [4.69, 9.17) is 21.8 Å². The molecule has 4 nitrogen and oxygen atoms in total. The Bertz CT molecular complexity index is 568. The van der Waals surface area contributed by atoms with Gasteiger partial charge in [-0.1, -0.05) is 17.7 Å². The summed E-state index contributed by atoms with van der Waals surface area (Å²) in [7, 11) is 0. The van der Waals surface area contributed by atoms with Crippen molar-refractivity contribution in [1.29, 1.82) is 0 Å². The first kappa shape index (κ1) is 11.6. The van der Waals surface area contributed by atoms with Crippen LogP contribution >= 0.6 is 11.6 Å². The molecule has 0 aliphatic carbocycles. The van der Waals surface area contributed by atoms with Crippen LogP contribution in [0.15, 0.2) is 28.9 Å². The van der Waals surface area contributed by atoms with E-state index in [9.17, 15) is 9.18 Å². The molecule has 0 radical (unpaired) electrons. The highest BCUT2D eigenvalue weighted by atomic mass is 35.5. The fourth-order valence-corrected chi connectivity index (χ4v) is 1.48. The van der Waals surface area contributed by atoms with Crippen molar-refractivity contribution in [3.63, 3.8) is 0 Å². The highest BCUT2D eigenvalue weighted by Gasteiger charge is 2.10. The molecule has 0 unspecified atom stereocenters. The van der Waals surface area contributed by atoms with Gasteiger partial charge >= 0.3 is 5.91 Å². The second kappa shape index (κ2) is 4.55. The van der Waals surface area contributed by atoms with Gasteiger partial charge in [0.05, 0.1) is 10.7 Å². The zero-order chi connectivity index (χ0) is 12.4. The summed E-state index contributed by atoms with van der Waals surface area (Å²) in [5.41, 5.74) is 6.17. The summed E-state index contributed by atoms with van der Waals surface area (Å²) in [4.78, 5) is 14.6. The average Bonchev–Trinajstić information content (AvgIpc) is 2.72. The molecular weight excluding hydrogens is 247 g/mol. The van der Waals surface area contributed by atoms with Crippen molar-refractivity contribution in [1.82, 2.24) is 4.98 Å². The maximum absolute atomic E-state index is 13.2. The third kappa shape index (κ3) is 2.62. The van der Waals surface area contributed by atoms with Crippen molar-refractivity contribution in [2.75, 3.05) is 0 Å². The van der Waals surface area contributed by atoms with Gasteiger partial charge in [0.1, 0.15) is 12.1 Å². The lowest BCUT2D eigenvalue weighted by molar-refractivity contribution is 0.0967. The minimum Gasteiger partial charge on any atom is -0.441 e. The first-order valence-corrected chi connectivity index (χ1v) is 5.12. The van der Waals surface area contributed by atoms with Crippen molar-refractivity contribution >= 4 is 17.5 Å². The lowest BCUT2D eigenvalue weighted by Gasteiger charge is -1.99. The Hall–Kier alpha value is -1.88. The Kier molecular flexibility index (Phi) is 3.10. The largest absolute Gasteiger partial charge is 0.441 e. The predicted molar refractivity (Wildman–Crippen MR) is 59.2 cm³/mol. The highest BCUT2D eigenvalue weighted by molar-refractivity contribution is 6.30. The molecule has 88 valence electrons. The number of benzene rings is 1. The summed E-state index contributed by atoms with van der Waals surface area (Å²) in [6.07, 6.45) is 1.65. The van der Waals surface area contributed by atoms with Gasteiger partial charge in [-0.05, 0) is 17.7 Å². The molecule has 1 aromatic carbocycles. The zero-order valence-electron chi connectivity index (χ0n) is 8.61.